The molecule has 2 amide bonds. The van der Waals surface area contributed by atoms with Crippen LogP contribution in [0.4, 0.5) is 4.79 Å². The number of nitrogens with zero attached hydrogens (tertiary/aromatic N) is 5. The van der Waals surface area contributed by atoms with Crippen molar-refractivity contribution >= 4 is 33.8 Å². The Morgan fingerprint density at radius 2 is 1.76 bits per heavy atom. The molecule has 9 heteroatoms. The van der Waals surface area contributed by atoms with Gasteiger partial charge in [0.05, 0.1) is 11.8 Å². The molecular weight excluding hydrogens is 432 g/mol. The van der Waals surface area contributed by atoms with Crippen molar-refractivity contribution in [3.05, 3.63) is 48.5 Å². The second kappa shape index (κ2) is 8.16. The lowest BCUT2D eigenvalue weighted by Gasteiger charge is -2.35. The van der Waals surface area contributed by atoms with Crippen molar-refractivity contribution in [1.82, 2.24) is 29.5 Å². The zero-order valence-electron chi connectivity index (χ0n) is 19.8. The van der Waals surface area contributed by atoms with Gasteiger partial charge in [-0.05, 0) is 37.8 Å². The van der Waals surface area contributed by atoms with E-state index in [4.69, 9.17) is 4.74 Å². The lowest BCUT2D eigenvalue weighted by Crippen LogP contribution is -2.51. The maximum Gasteiger partial charge on any atom is 0.410 e. The number of carbonyl (C=O) groups is 2. The molecule has 1 aliphatic rings. The molecule has 5 rings (SSSR count). The van der Waals surface area contributed by atoms with Gasteiger partial charge in [-0.2, -0.15) is 5.10 Å². The van der Waals surface area contributed by atoms with Crippen molar-refractivity contribution in [1.29, 1.82) is 0 Å². The molecule has 9 nitrogen and oxygen atoms in total. The SMILES string of the molecule is Cn1cc(-c2ccc3cnc4[nH]cc(C(=O)N5CCN(C(=O)OC(C)(C)C)CC5)c4c3c2)cn1. The largest absolute Gasteiger partial charge is 0.444 e. The minimum Gasteiger partial charge on any atom is -0.444 e. The Morgan fingerprint density at radius 3 is 2.44 bits per heavy atom. The molecule has 176 valence electrons. The summed E-state index contributed by atoms with van der Waals surface area (Å²) < 4.78 is 7.23. The van der Waals surface area contributed by atoms with Crippen molar-refractivity contribution in [2.24, 2.45) is 7.05 Å². The number of H-pyrrole nitrogens is 1. The fourth-order valence-electron chi connectivity index (χ4n) is 4.31. The van der Waals surface area contributed by atoms with E-state index in [0.29, 0.717) is 37.4 Å². The topological polar surface area (TPSA) is 96.4 Å². The molecule has 1 fully saturated rings. The Labute approximate surface area is 197 Å². The van der Waals surface area contributed by atoms with Gasteiger partial charge in [0.25, 0.3) is 5.91 Å². The average Bonchev–Trinajstić information content (AvgIpc) is 3.44. The second-order valence-electron chi connectivity index (χ2n) is 9.65. The number of piperazine rings is 1. The van der Waals surface area contributed by atoms with Crippen molar-refractivity contribution in [2.45, 2.75) is 26.4 Å². The van der Waals surface area contributed by atoms with Crippen molar-refractivity contribution in [3.8, 4) is 11.1 Å². The molecule has 0 bridgehead atoms. The molecule has 0 radical (unpaired) electrons. The number of hydrogen-bond donors (Lipinski definition) is 1. The van der Waals surface area contributed by atoms with Gasteiger partial charge in [0.2, 0.25) is 0 Å². The van der Waals surface area contributed by atoms with Gasteiger partial charge in [0.15, 0.2) is 0 Å². The molecule has 1 N–H and O–H groups in total. The molecule has 34 heavy (non-hydrogen) atoms. The van der Waals surface area contributed by atoms with E-state index in [1.165, 1.54) is 0 Å². The fourth-order valence-corrected chi connectivity index (χ4v) is 4.31. The number of aryl methyl sites for hydroxylation is 1. The van der Waals surface area contributed by atoms with Gasteiger partial charge in [-0.25, -0.2) is 9.78 Å². The normalized spacial score (nSPS) is 14.7. The van der Waals surface area contributed by atoms with Crippen molar-refractivity contribution in [2.75, 3.05) is 26.2 Å². The maximum absolute atomic E-state index is 13.5. The first-order chi connectivity index (χ1) is 16.2. The van der Waals surface area contributed by atoms with E-state index >= 15 is 0 Å². The van der Waals surface area contributed by atoms with E-state index in [0.717, 1.165) is 27.3 Å². The highest BCUT2D eigenvalue weighted by Gasteiger charge is 2.29. The van der Waals surface area contributed by atoms with Crippen LogP contribution in [0.1, 0.15) is 31.1 Å². The standard InChI is InChI=1S/C25H28N6O3/c1-25(2,3)34-24(33)31-9-7-30(8-10-31)23(32)20-14-27-22-21(20)19-11-16(5-6-17(19)12-26-22)18-13-28-29(4)15-18/h5-6,11-15H,7-10H2,1-4H3,(H,26,27). The van der Waals surface area contributed by atoms with Gasteiger partial charge >= 0.3 is 6.09 Å². The molecule has 1 aliphatic heterocycles. The summed E-state index contributed by atoms with van der Waals surface area (Å²) in [6.45, 7) is 7.31. The number of aromatic nitrogens is 4. The molecule has 4 aromatic rings. The molecule has 1 saturated heterocycles. The molecule has 0 saturated carbocycles. The fraction of sp³-hybridized carbons (Fsp3) is 0.360. The number of amides is 2. The van der Waals surface area contributed by atoms with Crippen LogP contribution in [0.15, 0.2) is 43.0 Å². The quantitative estimate of drug-likeness (QED) is 0.491. The smallest absolute Gasteiger partial charge is 0.410 e. The number of carbonyl (C=O) groups excluding carboxylic acids is 2. The first-order valence-electron chi connectivity index (χ1n) is 11.4. The van der Waals surface area contributed by atoms with Crippen LogP contribution in [0.25, 0.3) is 32.9 Å². The minimum atomic E-state index is -0.545. The summed E-state index contributed by atoms with van der Waals surface area (Å²) in [5.41, 5.74) is 2.75. The Bertz CT molecular complexity index is 1390. The van der Waals surface area contributed by atoms with Crippen molar-refractivity contribution in [3.63, 3.8) is 0 Å². The first-order valence-corrected chi connectivity index (χ1v) is 11.4. The molecule has 0 spiro atoms. The Morgan fingerprint density at radius 1 is 1.03 bits per heavy atom. The molecule has 0 aliphatic carbocycles. The van der Waals surface area contributed by atoms with Crippen LogP contribution in [-0.2, 0) is 11.8 Å². The third-order valence-electron chi connectivity index (χ3n) is 6.00. The molecule has 3 aromatic heterocycles. The Balaban J connectivity index is 1.43. The monoisotopic (exact) mass is 460 g/mol. The summed E-state index contributed by atoms with van der Waals surface area (Å²) in [7, 11) is 1.89. The lowest BCUT2D eigenvalue weighted by molar-refractivity contribution is 0.0141. The van der Waals surface area contributed by atoms with Gasteiger partial charge in [0.1, 0.15) is 11.2 Å². The Hall–Kier alpha value is -3.88. The van der Waals surface area contributed by atoms with Crippen LogP contribution in [0.5, 0.6) is 0 Å². The summed E-state index contributed by atoms with van der Waals surface area (Å²) >= 11 is 0. The lowest BCUT2D eigenvalue weighted by atomic mass is 10.0. The van der Waals surface area contributed by atoms with E-state index < -0.39 is 5.60 Å². The van der Waals surface area contributed by atoms with Crippen LogP contribution in [0, 0.1) is 0 Å². The summed E-state index contributed by atoms with van der Waals surface area (Å²) in [5, 5.41) is 7.00. The third kappa shape index (κ3) is 4.09. The predicted molar refractivity (Wildman–Crippen MR) is 130 cm³/mol. The number of aromatic amines is 1. The number of rotatable bonds is 2. The van der Waals surface area contributed by atoms with E-state index in [9.17, 15) is 9.59 Å². The molecule has 0 unspecified atom stereocenters. The van der Waals surface area contributed by atoms with Crippen molar-refractivity contribution < 1.29 is 14.3 Å². The van der Waals surface area contributed by atoms with Crippen LogP contribution in [0.2, 0.25) is 0 Å². The summed E-state index contributed by atoms with van der Waals surface area (Å²) in [4.78, 5) is 37.0. The Kier molecular flexibility index (Phi) is 5.27. The van der Waals surface area contributed by atoms with Gasteiger partial charge in [0, 0.05) is 68.2 Å². The number of benzene rings is 1. The predicted octanol–water partition coefficient (Wildman–Crippen LogP) is 3.81. The highest BCUT2D eigenvalue weighted by atomic mass is 16.6. The van der Waals surface area contributed by atoms with Crippen LogP contribution in [-0.4, -0.2) is 73.3 Å². The number of nitrogens with one attached hydrogen (secondary N) is 1. The van der Waals surface area contributed by atoms with Crippen LogP contribution in [0.3, 0.4) is 0 Å². The first kappa shape index (κ1) is 21.9. The number of ether oxygens (including phenoxy) is 1. The number of pyridine rings is 1. The minimum absolute atomic E-state index is 0.0730. The van der Waals surface area contributed by atoms with Gasteiger partial charge in [-0.1, -0.05) is 12.1 Å². The van der Waals surface area contributed by atoms with Crippen LogP contribution < -0.4 is 0 Å². The molecule has 1 aromatic carbocycles. The average molecular weight is 461 g/mol. The zero-order chi connectivity index (χ0) is 24.0. The summed E-state index contributed by atoms with van der Waals surface area (Å²) in [6, 6.07) is 6.14. The van der Waals surface area contributed by atoms with E-state index in [2.05, 4.69) is 21.1 Å². The van der Waals surface area contributed by atoms with Gasteiger partial charge in [-0.3, -0.25) is 9.48 Å². The molecular formula is C25H28N6O3. The second-order valence-corrected chi connectivity index (χ2v) is 9.65. The highest BCUT2D eigenvalue weighted by molar-refractivity contribution is 6.16. The number of fused-ring (bicyclic) bond motifs is 3. The van der Waals surface area contributed by atoms with Gasteiger partial charge < -0.3 is 19.5 Å². The van der Waals surface area contributed by atoms with Gasteiger partial charge in [-0.15, -0.1) is 0 Å². The summed E-state index contributed by atoms with van der Waals surface area (Å²) in [6.07, 6.45) is 7.00. The maximum atomic E-state index is 13.5. The molecule has 0 atom stereocenters. The third-order valence-corrected chi connectivity index (χ3v) is 6.00. The summed E-state index contributed by atoms with van der Waals surface area (Å²) in [5.74, 6) is -0.0730. The van der Waals surface area contributed by atoms with Crippen LogP contribution >= 0.6 is 0 Å². The van der Waals surface area contributed by atoms with E-state index in [1.54, 1.807) is 20.7 Å². The number of hydrogen-bond acceptors (Lipinski definition) is 5. The van der Waals surface area contributed by atoms with E-state index in [1.807, 2.05) is 58.5 Å². The van der Waals surface area contributed by atoms with E-state index in [-0.39, 0.29) is 12.0 Å². The molecule has 4 heterocycles. The highest BCUT2D eigenvalue weighted by Crippen LogP contribution is 2.31. The zero-order valence-corrected chi connectivity index (χ0v) is 19.8.